The maximum absolute atomic E-state index is 11.8. The molecule has 5 rings (SSSR count). The van der Waals surface area contributed by atoms with Crippen LogP contribution in [-0.2, 0) is 9.47 Å². The molecule has 36 heavy (non-hydrogen) atoms. The van der Waals surface area contributed by atoms with Crippen molar-refractivity contribution in [2.24, 2.45) is 50.7 Å². The van der Waals surface area contributed by atoms with E-state index in [1.54, 1.807) is 13.2 Å². The highest BCUT2D eigenvalue weighted by Crippen LogP contribution is 2.89. The summed E-state index contributed by atoms with van der Waals surface area (Å²) in [5.41, 5.74) is 0.799. The molecule has 5 nitrogen and oxygen atoms in total. The minimum absolute atomic E-state index is 0.00120. The number of hydrogen-bond acceptors (Lipinski definition) is 5. The summed E-state index contributed by atoms with van der Waals surface area (Å²) in [6, 6.07) is 0. The molecule has 4 unspecified atom stereocenters. The SMILES string of the molecule is COC(O)/C=C/C(C[C@@H](C)C1C[C@H](O)[C@@]2(C)[C@@H]3CC[C@H]4C(C)(C)[C@@H](O)CC[C@@]45CC35CC[C@]12C)OC. The fourth-order valence-electron chi connectivity index (χ4n) is 11.4. The Kier molecular flexibility index (Phi) is 6.61. The number of methoxy groups -OCH3 is 2. The minimum Gasteiger partial charge on any atom is -0.393 e. The number of hydrogen-bond donors (Lipinski definition) is 3. The number of rotatable bonds is 7. The van der Waals surface area contributed by atoms with Crippen molar-refractivity contribution >= 4 is 0 Å². The Hall–Kier alpha value is -0.460. The lowest BCUT2D eigenvalue weighted by atomic mass is 9.41. The van der Waals surface area contributed by atoms with Gasteiger partial charge in [-0.1, -0.05) is 40.7 Å². The van der Waals surface area contributed by atoms with E-state index in [2.05, 4.69) is 34.6 Å². The maximum atomic E-state index is 11.8. The van der Waals surface area contributed by atoms with Gasteiger partial charge in [0.15, 0.2) is 6.29 Å². The quantitative estimate of drug-likeness (QED) is 0.323. The first-order chi connectivity index (χ1) is 16.8. The van der Waals surface area contributed by atoms with E-state index in [-0.39, 0.29) is 34.6 Å². The lowest BCUT2D eigenvalue weighted by Crippen LogP contribution is -2.59. The Morgan fingerprint density at radius 2 is 1.53 bits per heavy atom. The van der Waals surface area contributed by atoms with Crippen molar-refractivity contribution < 1.29 is 24.8 Å². The molecule has 0 aromatic heterocycles. The van der Waals surface area contributed by atoms with E-state index in [0.29, 0.717) is 34.5 Å². The molecule has 5 aliphatic carbocycles. The molecule has 5 aliphatic rings. The first kappa shape index (κ1) is 27.1. The largest absolute Gasteiger partial charge is 0.393 e. The molecule has 0 bridgehead atoms. The van der Waals surface area contributed by atoms with E-state index in [1.807, 2.05) is 6.08 Å². The second-order valence-corrected chi connectivity index (χ2v) is 14.6. The summed E-state index contributed by atoms with van der Waals surface area (Å²) in [7, 11) is 3.22. The van der Waals surface area contributed by atoms with Crippen LogP contribution in [0.15, 0.2) is 12.2 Å². The smallest absolute Gasteiger partial charge is 0.173 e. The highest BCUT2D eigenvalue weighted by atomic mass is 16.6. The van der Waals surface area contributed by atoms with E-state index in [0.717, 1.165) is 19.3 Å². The molecule has 0 radical (unpaired) electrons. The standard InChI is InChI=1S/C31H52O5/c1-19(16-20(35-6)8-11-26(34)36-7)21-17-25(33)29(5)23-10-9-22-27(2,3)24(32)12-13-30(22)18-31(23,30)15-14-28(21,29)4/h8,11,19-26,32-34H,9-10,12-18H2,1-7H3/b11-8+/t19-,20?,21?,22+,23+,24+,25+,26?,28-,29-,30-,31?/m1/s1. The van der Waals surface area contributed by atoms with Gasteiger partial charge in [0.2, 0.25) is 0 Å². The summed E-state index contributed by atoms with van der Waals surface area (Å²) in [4.78, 5) is 0. The summed E-state index contributed by atoms with van der Waals surface area (Å²) in [6.07, 6.45) is 12.2. The van der Waals surface area contributed by atoms with Gasteiger partial charge in [-0.25, -0.2) is 0 Å². The zero-order valence-electron chi connectivity index (χ0n) is 23.8. The van der Waals surface area contributed by atoms with Gasteiger partial charge in [0.1, 0.15) is 0 Å². The summed E-state index contributed by atoms with van der Waals surface area (Å²) >= 11 is 0. The number of aliphatic hydroxyl groups excluding tert-OH is 3. The van der Waals surface area contributed by atoms with Gasteiger partial charge in [-0.05, 0) is 109 Å². The van der Waals surface area contributed by atoms with Crippen molar-refractivity contribution in [2.75, 3.05) is 14.2 Å². The molecule has 5 fully saturated rings. The van der Waals surface area contributed by atoms with Crippen LogP contribution >= 0.6 is 0 Å². The topological polar surface area (TPSA) is 79.2 Å². The van der Waals surface area contributed by atoms with Crippen molar-refractivity contribution in [3.63, 3.8) is 0 Å². The Bertz CT molecular complexity index is 871. The highest BCUT2D eigenvalue weighted by molar-refractivity contribution is 5.31. The molecular formula is C31H52O5. The molecule has 12 atom stereocenters. The van der Waals surface area contributed by atoms with Crippen LogP contribution < -0.4 is 0 Å². The lowest BCUT2D eigenvalue weighted by Gasteiger charge is -2.63. The maximum Gasteiger partial charge on any atom is 0.173 e. The van der Waals surface area contributed by atoms with Crippen LogP contribution in [-0.4, -0.2) is 54.1 Å². The third kappa shape index (κ3) is 3.38. The molecule has 0 aromatic rings. The molecule has 206 valence electrons. The number of aliphatic hydroxyl groups is 3. The van der Waals surface area contributed by atoms with Crippen molar-refractivity contribution in [1.29, 1.82) is 0 Å². The van der Waals surface area contributed by atoms with E-state index >= 15 is 0 Å². The summed E-state index contributed by atoms with van der Waals surface area (Å²) in [5, 5.41) is 32.5. The summed E-state index contributed by atoms with van der Waals surface area (Å²) in [6.45, 7) is 11.9. The Morgan fingerprint density at radius 3 is 2.19 bits per heavy atom. The molecule has 2 spiro atoms. The summed E-state index contributed by atoms with van der Waals surface area (Å²) in [5.74, 6) is 2.05. The van der Waals surface area contributed by atoms with Crippen LogP contribution in [0.2, 0.25) is 0 Å². The van der Waals surface area contributed by atoms with Crippen molar-refractivity contribution in [2.45, 2.75) is 117 Å². The molecule has 5 saturated carbocycles. The fourth-order valence-corrected chi connectivity index (χ4v) is 11.4. The zero-order valence-corrected chi connectivity index (χ0v) is 23.8. The Labute approximate surface area is 219 Å². The van der Waals surface area contributed by atoms with Gasteiger partial charge in [-0.2, -0.15) is 0 Å². The Morgan fingerprint density at radius 1 is 0.861 bits per heavy atom. The molecule has 0 amide bonds. The fraction of sp³-hybridized carbons (Fsp3) is 0.935. The van der Waals surface area contributed by atoms with E-state index in [1.165, 1.54) is 45.6 Å². The van der Waals surface area contributed by atoms with E-state index in [4.69, 9.17) is 9.47 Å². The van der Waals surface area contributed by atoms with Gasteiger partial charge < -0.3 is 24.8 Å². The van der Waals surface area contributed by atoms with Crippen molar-refractivity contribution in [3.05, 3.63) is 12.2 Å². The first-order valence-corrected chi connectivity index (χ1v) is 14.6. The molecule has 0 aromatic carbocycles. The molecule has 5 heteroatoms. The van der Waals surface area contributed by atoms with Crippen LogP contribution in [0.3, 0.4) is 0 Å². The normalized spacial score (nSPS) is 51.6. The number of ether oxygens (including phenoxy) is 2. The van der Waals surface area contributed by atoms with Crippen LogP contribution in [0, 0.1) is 50.7 Å². The second-order valence-electron chi connectivity index (χ2n) is 14.6. The van der Waals surface area contributed by atoms with Gasteiger partial charge in [0.25, 0.3) is 0 Å². The van der Waals surface area contributed by atoms with Crippen LogP contribution in [0.4, 0.5) is 0 Å². The molecule has 0 aliphatic heterocycles. The third-order valence-corrected chi connectivity index (χ3v) is 13.6. The third-order valence-electron chi connectivity index (χ3n) is 13.6. The van der Waals surface area contributed by atoms with Gasteiger partial charge in [0, 0.05) is 19.6 Å². The second kappa shape index (κ2) is 8.78. The van der Waals surface area contributed by atoms with E-state index in [9.17, 15) is 15.3 Å². The average Bonchev–Trinajstić information content (AvgIpc) is 3.46. The first-order valence-electron chi connectivity index (χ1n) is 14.6. The molecule has 0 saturated heterocycles. The van der Waals surface area contributed by atoms with Gasteiger partial charge in [-0.15, -0.1) is 0 Å². The predicted molar refractivity (Wildman–Crippen MR) is 141 cm³/mol. The minimum atomic E-state index is -0.909. The van der Waals surface area contributed by atoms with Crippen LogP contribution in [0.25, 0.3) is 0 Å². The molecule has 3 N–H and O–H groups in total. The predicted octanol–water partition coefficient (Wildman–Crippen LogP) is 5.32. The van der Waals surface area contributed by atoms with Gasteiger partial charge >= 0.3 is 0 Å². The van der Waals surface area contributed by atoms with Gasteiger partial charge in [-0.3, -0.25) is 0 Å². The lowest BCUT2D eigenvalue weighted by molar-refractivity contribution is -0.182. The van der Waals surface area contributed by atoms with Gasteiger partial charge in [0.05, 0.1) is 18.3 Å². The van der Waals surface area contributed by atoms with Crippen molar-refractivity contribution in [1.82, 2.24) is 0 Å². The van der Waals surface area contributed by atoms with Crippen molar-refractivity contribution in [3.8, 4) is 0 Å². The highest BCUT2D eigenvalue weighted by Gasteiger charge is 2.83. The van der Waals surface area contributed by atoms with Crippen LogP contribution in [0.1, 0.15) is 92.4 Å². The zero-order chi connectivity index (χ0) is 26.3. The van der Waals surface area contributed by atoms with Crippen LogP contribution in [0.5, 0.6) is 0 Å². The number of fused-ring (bicyclic) bond motifs is 2. The summed E-state index contributed by atoms with van der Waals surface area (Å²) < 4.78 is 10.7. The Balaban J connectivity index is 1.39. The van der Waals surface area contributed by atoms with E-state index < -0.39 is 6.29 Å². The monoisotopic (exact) mass is 504 g/mol. The average molecular weight is 505 g/mol. The molecular weight excluding hydrogens is 452 g/mol. The molecule has 0 heterocycles.